The van der Waals surface area contributed by atoms with Gasteiger partial charge >= 0.3 is 0 Å². The molecule has 1 nitrogen and oxygen atoms in total. The molecule has 50 heavy (non-hydrogen) atoms. The summed E-state index contributed by atoms with van der Waals surface area (Å²) in [7, 11) is 0. The van der Waals surface area contributed by atoms with Crippen molar-refractivity contribution in [2.24, 2.45) is 0 Å². The van der Waals surface area contributed by atoms with E-state index in [-0.39, 0.29) is 30.3 Å². The van der Waals surface area contributed by atoms with Gasteiger partial charge in [0.2, 0.25) is 5.78 Å². The molecule has 13 heteroatoms. The van der Waals surface area contributed by atoms with Gasteiger partial charge in [-0.3, -0.25) is 4.79 Å². The van der Waals surface area contributed by atoms with Crippen molar-refractivity contribution in [3.63, 3.8) is 0 Å². The third kappa shape index (κ3) is 6.17. The molecule has 0 fully saturated rings. The summed E-state index contributed by atoms with van der Waals surface area (Å²) in [6, 6.07) is 5.01. The van der Waals surface area contributed by atoms with Crippen LogP contribution in [0.25, 0.3) is 5.57 Å². The fourth-order valence-corrected chi connectivity index (χ4v) is 24.3. The van der Waals surface area contributed by atoms with Gasteiger partial charge < -0.3 is 0 Å². The molecule has 0 amide bonds. The highest BCUT2D eigenvalue weighted by Gasteiger charge is 2.52. The molecule has 7 aliphatic rings. The quantitative estimate of drug-likeness (QED) is 0.285. The second kappa shape index (κ2) is 11.8. The van der Waals surface area contributed by atoms with Crippen LogP contribution in [0.2, 0.25) is 0 Å². The van der Waals surface area contributed by atoms with E-state index in [4.69, 9.17) is 0 Å². The Morgan fingerprint density at radius 3 is 0.940 bits per heavy atom. The van der Waals surface area contributed by atoms with Gasteiger partial charge in [0.1, 0.15) is 0 Å². The van der Waals surface area contributed by atoms with E-state index in [0.29, 0.717) is 0 Å². The first-order valence-electron chi connectivity index (χ1n) is 16.5. The molecule has 264 valence electrons. The zero-order chi connectivity index (χ0) is 35.7. The van der Waals surface area contributed by atoms with Crippen LogP contribution >= 0.6 is 141 Å². The lowest BCUT2D eigenvalue weighted by molar-refractivity contribution is -0.111. The number of allylic oxidation sites excluding steroid dienone is 4. The average Bonchev–Trinajstić information content (AvgIpc) is 3.74. The Morgan fingerprint density at radius 1 is 0.380 bits per heavy atom. The fourth-order valence-electron chi connectivity index (χ4n) is 7.13. The van der Waals surface area contributed by atoms with Gasteiger partial charge in [0, 0.05) is 71.2 Å². The molecule has 2 aromatic rings. The molecule has 0 radical (unpaired) electrons. The number of Topliss-reactive ketones (excluding diaryl/α,β-unsaturated/α-hetero) is 1. The molecule has 0 spiro atoms. The van der Waals surface area contributed by atoms with Crippen molar-refractivity contribution in [1.82, 2.24) is 0 Å². The first kappa shape index (κ1) is 37.1. The standard InChI is InChI=1S/C37H38OS12/c1-32(2)39-15-13-16-25(44-33(3,4)40-16)20(24(15)43-32)19(21-26-17(41-34(5,6)45-26)14-18-27(21)46-35(7,8)42-18)22-28-30(49-36(9,10)47-28)23(38)31-29(22)48-37(11,12)50-31/h13-14H,1-12H3. The van der Waals surface area contributed by atoms with Gasteiger partial charge in [-0.25, -0.2) is 0 Å². The Kier molecular flexibility index (Phi) is 8.76. The predicted molar refractivity (Wildman–Crippen MR) is 240 cm³/mol. The van der Waals surface area contributed by atoms with Gasteiger partial charge in [-0.1, -0.05) is 0 Å². The Morgan fingerprint density at radius 2 is 0.640 bits per heavy atom. The normalized spacial score (nSPS) is 26.6. The smallest absolute Gasteiger partial charge is 0.208 e. The van der Waals surface area contributed by atoms with Crippen LogP contribution in [0.3, 0.4) is 0 Å². The van der Waals surface area contributed by atoms with E-state index in [0.717, 1.165) is 9.81 Å². The number of fused-ring (bicyclic) bond motifs is 4. The van der Waals surface area contributed by atoms with Gasteiger partial charge in [-0.15, -0.1) is 141 Å². The fraction of sp³-hybridized carbons (Fsp3) is 0.486. The topological polar surface area (TPSA) is 17.1 Å². The van der Waals surface area contributed by atoms with Gasteiger partial charge in [-0.2, -0.15) is 0 Å². The zero-order valence-corrected chi connectivity index (χ0v) is 39.8. The van der Waals surface area contributed by atoms with Gasteiger partial charge in [0.15, 0.2) is 0 Å². The summed E-state index contributed by atoms with van der Waals surface area (Å²) in [6.07, 6.45) is 0. The molecule has 1 aliphatic carbocycles. The van der Waals surface area contributed by atoms with Crippen molar-refractivity contribution in [2.45, 2.75) is 147 Å². The minimum atomic E-state index is -0.124. The minimum Gasteiger partial charge on any atom is -0.287 e. The number of carbonyl (C=O) groups excluding carboxylic acids is 1. The van der Waals surface area contributed by atoms with Crippen LogP contribution in [0.4, 0.5) is 0 Å². The van der Waals surface area contributed by atoms with Gasteiger partial charge in [0.25, 0.3) is 0 Å². The monoisotopic (exact) mass is 882 g/mol. The van der Waals surface area contributed by atoms with Gasteiger partial charge in [-0.05, 0) is 95.2 Å². The zero-order valence-electron chi connectivity index (χ0n) is 30.0. The van der Waals surface area contributed by atoms with Crippen molar-refractivity contribution in [3.05, 3.63) is 48.5 Å². The highest BCUT2D eigenvalue weighted by atomic mass is 32.2. The van der Waals surface area contributed by atoms with Crippen molar-refractivity contribution in [1.29, 1.82) is 0 Å². The van der Waals surface area contributed by atoms with E-state index < -0.39 is 0 Å². The van der Waals surface area contributed by atoms with Gasteiger partial charge in [0.05, 0.1) is 34.3 Å². The van der Waals surface area contributed by atoms with Crippen LogP contribution in [-0.4, -0.2) is 30.3 Å². The third-order valence-electron chi connectivity index (χ3n) is 8.56. The summed E-state index contributed by atoms with van der Waals surface area (Å²) in [5.41, 5.74) is 5.53. The lowest BCUT2D eigenvalue weighted by Gasteiger charge is -2.28. The number of carbonyl (C=O) groups is 1. The SMILES string of the molecule is CC1(C)SC2=C(S1)C(=C(c1c3c(cc4c1SC(C)(C)S4)SC(C)(C)S3)c1c3c(cc4c1SC(C)(C)S4)SC(C)(C)S3)C1=C(SC(C)(C)S1)C2=O. The van der Waals surface area contributed by atoms with E-state index in [1.807, 2.05) is 118 Å². The van der Waals surface area contributed by atoms with Crippen molar-refractivity contribution >= 4 is 152 Å². The minimum absolute atomic E-state index is 0.0316. The Balaban J connectivity index is 1.48. The highest BCUT2D eigenvalue weighted by molar-refractivity contribution is 8.27. The van der Waals surface area contributed by atoms with E-state index in [2.05, 4.69) is 95.2 Å². The molecule has 0 atom stereocenters. The molecule has 0 N–H and O–H groups in total. The van der Waals surface area contributed by atoms with Crippen LogP contribution in [0.1, 0.15) is 94.2 Å². The molecule has 0 aromatic heterocycles. The second-order valence-electron chi connectivity index (χ2n) is 15.8. The Labute approximate surface area is 348 Å². The van der Waals surface area contributed by atoms with E-state index in [1.54, 1.807) is 23.5 Å². The highest BCUT2D eigenvalue weighted by Crippen LogP contribution is 2.73. The summed E-state index contributed by atoms with van der Waals surface area (Å²) in [4.78, 5) is 30.2. The Hall–Kier alpha value is 1.53. The Bertz CT molecular complexity index is 1870. The van der Waals surface area contributed by atoms with Crippen LogP contribution in [0.5, 0.6) is 0 Å². The molecular formula is C37H38OS12. The number of ketones is 1. The molecule has 2 aromatic carbocycles. The van der Waals surface area contributed by atoms with Crippen LogP contribution in [0.15, 0.2) is 76.5 Å². The lowest BCUT2D eigenvalue weighted by atomic mass is 9.89. The van der Waals surface area contributed by atoms with Crippen molar-refractivity contribution in [3.8, 4) is 0 Å². The summed E-state index contributed by atoms with van der Waals surface area (Å²) >= 11 is 23.7. The van der Waals surface area contributed by atoms with Crippen molar-refractivity contribution in [2.75, 3.05) is 0 Å². The molecule has 0 unspecified atom stereocenters. The largest absolute Gasteiger partial charge is 0.287 e. The first-order chi connectivity index (χ1) is 23.0. The van der Waals surface area contributed by atoms with E-state index in [1.165, 1.54) is 71.2 Å². The van der Waals surface area contributed by atoms with E-state index >= 15 is 0 Å². The number of rotatable bonds is 2. The summed E-state index contributed by atoms with van der Waals surface area (Å²) in [5, 5.41) is 0. The number of benzene rings is 2. The molecular weight excluding hydrogens is 845 g/mol. The molecule has 6 aliphatic heterocycles. The van der Waals surface area contributed by atoms with E-state index in [9.17, 15) is 4.79 Å². The summed E-state index contributed by atoms with van der Waals surface area (Å²) in [5.74, 6) is 0.241. The van der Waals surface area contributed by atoms with Crippen molar-refractivity contribution < 1.29 is 4.79 Å². The number of hydrogen-bond donors (Lipinski definition) is 0. The molecule has 0 saturated carbocycles. The maximum absolute atomic E-state index is 14.6. The summed E-state index contributed by atoms with van der Waals surface area (Å²) < 4.78 is -0.122. The average molecular weight is 884 g/mol. The number of thioether (sulfide) groups is 12. The maximum Gasteiger partial charge on any atom is 0.208 e. The second-order valence-corrected chi connectivity index (χ2v) is 37.1. The van der Waals surface area contributed by atoms with Crippen LogP contribution in [0, 0.1) is 0 Å². The molecule has 0 bridgehead atoms. The first-order valence-corrected chi connectivity index (χ1v) is 26.3. The maximum atomic E-state index is 14.6. The molecule has 0 saturated heterocycles. The molecule has 9 rings (SSSR count). The third-order valence-corrected chi connectivity index (χ3v) is 25.3. The number of hydrogen-bond acceptors (Lipinski definition) is 13. The molecule has 6 heterocycles. The summed E-state index contributed by atoms with van der Waals surface area (Å²) in [6.45, 7) is 28.3. The van der Waals surface area contributed by atoms with Crippen LogP contribution in [-0.2, 0) is 4.79 Å². The van der Waals surface area contributed by atoms with Crippen LogP contribution < -0.4 is 0 Å². The predicted octanol–water partition coefficient (Wildman–Crippen LogP) is 15.7. The lowest BCUT2D eigenvalue weighted by Crippen LogP contribution is -2.13.